The molecule has 1 aliphatic carbocycles. The van der Waals surface area contributed by atoms with Crippen LogP contribution in [0.3, 0.4) is 0 Å². The Balaban J connectivity index is 0.000000360. The number of piperidine rings is 1. The molecule has 4 rings (SSSR count). The molecular formula is C23H31F3N2O4. The van der Waals surface area contributed by atoms with Crippen molar-refractivity contribution in [1.29, 1.82) is 0 Å². The van der Waals surface area contributed by atoms with Gasteiger partial charge in [0.25, 0.3) is 0 Å². The van der Waals surface area contributed by atoms with Gasteiger partial charge in [-0.05, 0) is 37.2 Å². The van der Waals surface area contributed by atoms with Crippen molar-refractivity contribution in [3.8, 4) is 0 Å². The van der Waals surface area contributed by atoms with Crippen LogP contribution in [0, 0.1) is 11.3 Å². The van der Waals surface area contributed by atoms with Crippen LogP contribution in [-0.2, 0) is 20.7 Å². The van der Waals surface area contributed by atoms with E-state index < -0.39 is 12.1 Å². The predicted molar refractivity (Wildman–Crippen MR) is 112 cm³/mol. The average Bonchev–Trinajstić information content (AvgIpc) is 3.57. The number of carboxylic acid groups (broad SMARTS) is 1. The largest absolute Gasteiger partial charge is 0.490 e. The zero-order valence-corrected chi connectivity index (χ0v) is 18.1. The van der Waals surface area contributed by atoms with E-state index in [9.17, 15) is 18.0 Å². The van der Waals surface area contributed by atoms with Crippen LogP contribution in [0.25, 0.3) is 0 Å². The molecule has 0 aromatic heterocycles. The van der Waals surface area contributed by atoms with Crippen molar-refractivity contribution in [3.63, 3.8) is 0 Å². The number of halogens is 3. The van der Waals surface area contributed by atoms with Crippen LogP contribution in [0.2, 0.25) is 0 Å². The van der Waals surface area contributed by atoms with Crippen molar-refractivity contribution in [2.24, 2.45) is 11.3 Å². The van der Waals surface area contributed by atoms with Crippen molar-refractivity contribution in [1.82, 2.24) is 9.80 Å². The molecule has 1 atom stereocenters. The summed E-state index contributed by atoms with van der Waals surface area (Å²) in [4.78, 5) is 26.4. The van der Waals surface area contributed by atoms with Gasteiger partial charge in [0.15, 0.2) is 0 Å². The van der Waals surface area contributed by atoms with Gasteiger partial charge in [0.1, 0.15) is 0 Å². The Bertz CT molecular complexity index is 770. The third-order valence-electron chi connectivity index (χ3n) is 6.19. The highest BCUT2D eigenvalue weighted by atomic mass is 19.4. The molecule has 178 valence electrons. The van der Waals surface area contributed by atoms with Crippen LogP contribution >= 0.6 is 0 Å². The molecule has 1 saturated carbocycles. The molecular weight excluding hydrogens is 425 g/mol. The SMILES string of the molecule is O=C(Cc1ccccc1)N1CCCC2(COCCN(CC3CC3)C2)C1.O=C(O)C(F)(F)F. The van der Waals surface area contributed by atoms with E-state index in [0.717, 1.165) is 57.3 Å². The zero-order chi connectivity index (χ0) is 23.2. The maximum atomic E-state index is 12.8. The zero-order valence-electron chi connectivity index (χ0n) is 18.1. The molecule has 32 heavy (non-hydrogen) atoms. The van der Waals surface area contributed by atoms with Crippen molar-refractivity contribution >= 4 is 11.9 Å². The summed E-state index contributed by atoms with van der Waals surface area (Å²) in [5.41, 5.74) is 1.25. The molecule has 3 fully saturated rings. The van der Waals surface area contributed by atoms with Gasteiger partial charge < -0.3 is 19.6 Å². The molecule has 9 heteroatoms. The summed E-state index contributed by atoms with van der Waals surface area (Å²) >= 11 is 0. The first-order valence-corrected chi connectivity index (χ1v) is 11.1. The number of hydrogen-bond acceptors (Lipinski definition) is 4. The summed E-state index contributed by atoms with van der Waals surface area (Å²) in [6.45, 7) is 6.78. The van der Waals surface area contributed by atoms with E-state index in [0.29, 0.717) is 6.42 Å². The Kier molecular flexibility index (Phi) is 8.16. The normalized spacial score (nSPS) is 24.4. The summed E-state index contributed by atoms with van der Waals surface area (Å²) in [5, 5.41) is 7.12. The van der Waals surface area contributed by atoms with Crippen molar-refractivity contribution in [2.45, 2.75) is 38.3 Å². The molecule has 1 aromatic rings. The van der Waals surface area contributed by atoms with E-state index in [2.05, 4.69) is 9.80 Å². The minimum Gasteiger partial charge on any atom is -0.475 e. The molecule has 3 aliphatic rings. The third kappa shape index (κ3) is 7.48. The van der Waals surface area contributed by atoms with E-state index >= 15 is 0 Å². The van der Waals surface area contributed by atoms with Crippen molar-refractivity contribution in [2.75, 3.05) is 45.9 Å². The molecule has 2 saturated heterocycles. The van der Waals surface area contributed by atoms with Crippen molar-refractivity contribution < 1.29 is 32.6 Å². The van der Waals surface area contributed by atoms with Crippen LogP contribution in [0.15, 0.2) is 30.3 Å². The Morgan fingerprint density at radius 3 is 2.44 bits per heavy atom. The van der Waals surface area contributed by atoms with Crippen LogP contribution < -0.4 is 0 Å². The first kappa shape index (κ1) is 24.5. The Morgan fingerprint density at radius 2 is 1.81 bits per heavy atom. The van der Waals surface area contributed by atoms with Crippen molar-refractivity contribution in [3.05, 3.63) is 35.9 Å². The number of alkyl halides is 3. The average molecular weight is 457 g/mol. The molecule has 1 amide bonds. The second kappa shape index (κ2) is 10.7. The lowest BCUT2D eigenvalue weighted by atomic mass is 9.80. The molecule has 0 radical (unpaired) electrons. The summed E-state index contributed by atoms with van der Waals surface area (Å²) in [6.07, 6.45) is 0.506. The van der Waals surface area contributed by atoms with E-state index in [4.69, 9.17) is 14.6 Å². The maximum absolute atomic E-state index is 12.8. The topological polar surface area (TPSA) is 70.1 Å². The number of likely N-dealkylation sites (tertiary alicyclic amines) is 1. The van der Waals surface area contributed by atoms with Gasteiger partial charge in [-0.1, -0.05) is 30.3 Å². The molecule has 1 N–H and O–H groups in total. The van der Waals surface area contributed by atoms with Gasteiger partial charge in [-0.15, -0.1) is 0 Å². The number of carboxylic acids is 1. The Morgan fingerprint density at radius 1 is 1.12 bits per heavy atom. The van der Waals surface area contributed by atoms with Gasteiger partial charge in [-0.25, -0.2) is 4.79 Å². The number of amides is 1. The number of nitrogens with zero attached hydrogens (tertiary/aromatic N) is 2. The van der Waals surface area contributed by atoms with E-state index in [1.54, 1.807) is 0 Å². The highest BCUT2D eigenvalue weighted by Crippen LogP contribution is 2.36. The summed E-state index contributed by atoms with van der Waals surface area (Å²) in [7, 11) is 0. The Hall–Kier alpha value is -2.13. The minimum absolute atomic E-state index is 0.135. The smallest absolute Gasteiger partial charge is 0.475 e. The lowest BCUT2D eigenvalue weighted by Gasteiger charge is -2.43. The van der Waals surface area contributed by atoms with Crippen LogP contribution in [0.5, 0.6) is 0 Å². The lowest BCUT2D eigenvalue weighted by Crippen LogP contribution is -2.52. The molecule has 1 spiro atoms. The number of rotatable bonds is 4. The van der Waals surface area contributed by atoms with Gasteiger partial charge in [-0.3, -0.25) is 4.79 Å². The summed E-state index contributed by atoms with van der Waals surface area (Å²) in [5.74, 6) is -1.58. The number of carbonyl (C=O) groups is 2. The highest BCUT2D eigenvalue weighted by molar-refractivity contribution is 5.79. The maximum Gasteiger partial charge on any atom is 0.490 e. The Labute approximate surface area is 186 Å². The van der Waals surface area contributed by atoms with E-state index in [-0.39, 0.29) is 11.3 Å². The molecule has 1 unspecified atom stereocenters. The molecule has 1 aromatic carbocycles. The number of aliphatic carboxylic acids is 1. The van der Waals surface area contributed by atoms with E-state index in [1.165, 1.54) is 25.8 Å². The number of hydrogen-bond donors (Lipinski definition) is 1. The van der Waals surface area contributed by atoms with Gasteiger partial charge in [0.2, 0.25) is 5.91 Å². The van der Waals surface area contributed by atoms with Crippen LogP contribution in [0.4, 0.5) is 13.2 Å². The predicted octanol–water partition coefficient (Wildman–Crippen LogP) is 3.21. The monoisotopic (exact) mass is 456 g/mol. The van der Waals surface area contributed by atoms with Gasteiger partial charge in [0, 0.05) is 38.1 Å². The fourth-order valence-electron chi connectivity index (χ4n) is 4.45. The summed E-state index contributed by atoms with van der Waals surface area (Å²) in [6, 6.07) is 10.1. The standard InChI is InChI=1S/C21H30N2O2.C2HF3O2/c24-20(13-18-5-2-1-3-6-18)23-10-4-9-21(16-23)15-22(11-12-25-17-21)14-19-7-8-19;3-2(4,5)1(6)7/h1-3,5-6,19H,4,7-17H2;(H,6,7). The second-order valence-corrected chi connectivity index (χ2v) is 9.12. The van der Waals surface area contributed by atoms with Gasteiger partial charge in [0.05, 0.1) is 19.6 Å². The highest BCUT2D eigenvalue weighted by Gasteiger charge is 2.41. The molecule has 2 heterocycles. The number of carbonyl (C=O) groups excluding carboxylic acids is 1. The molecule has 2 aliphatic heterocycles. The first-order chi connectivity index (χ1) is 15.2. The quantitative estimate of drug-likeness (QED) is 0.754. The molecule has 0 bridgehead atoms. The fraction of sp³-hybridized carbons (Fsp3) is 0.652. The fourth-order valence-corrected chi connectivity index (χ4v) is 4.45. The minimum atomic E-state index is -5.08. The second-order valence-electron chi connectivity index (χ2n) is 9.12. The first-order valence-electron chi connectivity index (χ1n) is 11.1. The van der Waals surface area contributed by atoms with Crippen LogP contribution in [0.1, 0.15) is 31.2 Å². The van der Waals surface area contributed by atoms with Gasteiger partial charge in [-0.2, -0.15) is 13.2 Å². The van der Waals surface area contributed by atoms with Gasteiger partial charge >= 0.3 is 12.1 Å². The lowest BCUT2D eigenvalue weighted by molar-refractivity contribution is -0.192. The number of benzene rings is 1. The summed E-state index contributed by atoms with van der Waals surface area (Å²) < 4.78 is 37.7. The van der Waals surface area contributed by atoms with E-state index in [1.807, 2.05) is 30.3 Å². The molecule has 6 nitrogen and oxygen atoms in total. The van der Waals surface area contributed by atoms with Crippen LogP contribution in [-0.4, -0.2) is 78.9 Å². The third-order valence-corrected chi connectivity index (χ3v) is 6.19. The number of ether oxygens (including phenoxy) is 1.